The summed E-state index contributed by atoms with van der Waals surface area (Å²) in [4.78, 5) is 1.90. The van der Waals surface area contributed by atoms with E-state index in [9.17, 15) is 13.2 Å². The van der Waals surface area contributed by atoms with Crippen molar-refractivity contribution in [2.24, 2.45) is 5.73 Å². The lowest BCUT2D eigenvalue weighted by molar-refractivity contribution is -0.325. The van der Waals surface area contributed by atoms with Crippen LogP contribution in [-0.4, -0.2) is 42.8 Å². The maximum atomic E-state index is 11.7. The number of nitrogens with two attached hydrogens (primary N) is 1. The van der Waals surface area contributed by atoms with Crippen molar-refractivity contribution < 1.29 is 17.9 Å². The summed E-state index contributed by atoms with van der Waals surface area (Å²) in [6, 6.07) is 0.344. The lowest BCUT2D eigenvalue weighted by Gasteiger charge is -2.21. The number of alkyl halides is 3. The molecule has 0 saturated heterocycles. The topological polar surface area (TPSA) is 62.3 Å². The van der Waals surface area contributed by atoms with Gasteiger partial charge in [-0.3, -0.25) is 15.0 Å². The fraction of sp³-hybridized carbons (Fsp3) is 0.889. The van der Waals surface area contributed by atoms with Crippen molar-refractivity contribution in [2.45, 2.75) is 31.7 Å². The minimum Gasteiger partial charge on any atom is -0.388 e. The van der Waals surface area contributed by atoms with Crippen LogP contribution in [0.25, 0.3) is 0 Å². The molecule has 0 aromatic carbocycles. The molecule has 0 radical (unpaired) electrons. The van der Waals surface area contributed by atoms with Gasteiger partial charge in [0.1, 0.15) is 0 Å². The summed E-state index contributed by atoms with van der Waals surface area (Å²) in [6.45, 7) is 0.399. The molecule has 0 unspecified atom stereocenters. The maximum Gasteiger partial charge on any atom is 0.522 e. The predicted molar refractivity (Wildman–Crippen MR) is 53.1 cm³/mol. The van der Waals surface area contributed by atoms with Crippen molar-refractivity contribution in [1.29, 1.82) is 5.41 Å². The van der Waals surface area contributed by atoms with E-state index >= 15 is 0 Å². The van der Waals surface area contributed by atoms with Crippen molar-refractivity contribution in [3.05, 3.63) is 0 Å². The molecule has 1 aliphatic rings. The lowest BCUT2D eigenvalue weighted by Crippen LogP contribution is -2.34. The second-order valence-corrected chi connectivity index (χ2v) is 3.84. The second kappa shape index (κ2) is 5.49. The predicted octanol–water partition coefficient (Wildman–Crippen LogP) is 1.31. The average Bonchev–Trinajstić information content (AvgIpc) is 2.91. The molecular formula is C9H16F3N3O. The summed E-state index contributed by atoms with van der Waals surface area (Å²) in [5.41, 5.74) is 5.20. The van der Waals surface area contributed by atoms with Crippen molar-refractivity contribution in [1.82, 2.24) is 4.90 Å². The van der Waals surface area contributed by atoms with Gasteiger partial charge in [-0.05, 0) is 12.8 Å². The number of rotatable bonds is 7. The maximum absolute atomic E-state index is 11.7. The summed E-state index contributed by atoms with van der Waals surface area (Å²) in [5.74, 6) is 0.0578. The molecule has 0 heterocycles. The van der Waals surface area contributed by atoms with Crippen LogP contribution in [0, 0.1) is 5.41 Å². The number of nitrogens with one attached hydrogen (secondary N) is 1. The quantitative estimate of drug-likeness (QED) is 0.520. The first-order chi connectivity index (χ1) is 7.38. The van der Waals surface area contributed by atoms with Crippen LogP contribution in [-0.2, 0) is 4.74 Å². The number of nitrogens with zero attached hydrogens (tertiary/aromatic N) is 1. The van der Waals surface area contributed by atoms with Crippen LogP contribution in [0.2, 0.25) is 0 Å². The van der Waals surface area contributed by atoms with Gasteiger partial charge in [-0.15, -0.1) is 13.2 Å². The Morgan fingerprint density at radius 1 is 1.38 bits per heavy atom. The first-order valence-corrected chi connectivity index (χ1v) is 5.16. The Morgan fingerprint density at radius 2 is 2.00 bits per heavy atom. The Kier molecular flexibility index (Phi) is 4.55. The summed E-state index contributed by atoms with van der Waals surface area (Å²) in [6.07, 6.45) is -2.16. The highest BCUT2D eigenvalue weighted by Crippen LogP contribution is 2.27. The van der Waals surface area contributed by atoms with Gasteiger partial charge >= 0.3 is 6.36 Å². The van der Waals surface area contributed by atoms with Crippen LogP contribution in [0.5, 0.6) is 0 Å². The highest BCUT2D eigenvalue weighted by atomic mass is 19.4. The molecule has 94 valence electrons. The van der Waals surface area contributed by atoms with Crippen LogP contribution in [0.4, 0.5) is 13.2 Å². The van der Waals surface area contributed by atoms with E-state index in [0.29, 0.717) is 19.0 Å². The molecule has 16 heavy (non-hydrogen) atoms. The Bertz CT molecular complexity index is 241. The number of amidine groups is 1. The normalized spacial score (nSPS) is 16.8. The number of ether oxygens (including phenoxy) is 1. The fourth-order valence-corrected chi connectivity index (χ4v) is 1.46. The average molecular weight is 239 g/mol. The van der Waals surface area contributed by atoms with E-state index in [1.807, 2.05) is 4.90 Å². The molecule has 0 aromatic heterocycles. The van der Waals surface area contributed by atoms with Crippen LogP contribution < -0.4 is 5.73 Å². The zero-order valence-electron chi connectivity index (χ0n) is 8.89. The highest BCUT2D eigenvalue weighted by Gasteiger charge is 2.32. The van der Waals surface area contributed by atoms with Gasteiger partial charge < -0.3 is 5.73 Å². The van der Waals surface area contributed by atoms with Crippen molar-refractivity contribution in [3.63, 3.8) is 0 Å². The van der Waals surface area contributed by atoms with E-state index in [1.54, 1.807) is 0 Å². The zero-order valence-corrected chi connectivity index (χ0v) is 8.89. The Hall–Kier alpha value is -0.820. The first kappa shape index (κ1) is 13.2. The molecule has 1 fully saturated rings. The monoisotopic (exact) mass is 239 g/mol. The third-order valence-electron chi connectivity index (χ3n) is 2.38. The van der Waals surface area contributed by atoms with Gasteiger partial charge in [-0.25, -0.2) is 0 Å². The second-order valence-electron chi connectivity index (χ2n) is 3.84. The van der Waals surface area contributed by atoms with Gasteiger partial charge in [-0.2, -0.15) is 0 Å². The smallest absolute Gasteiger partial charge is 0.388 e. The first-order valence-electron chi connectivity index (χ1n) is 5.16. The van der Waals surface area contributed by atoms with E-state index in [4.69, 9.17) is 11.1 Å². The van der Waals surface area contributed by atoms with E-state index < -0.39 is 6.36 Å². The van der Waals surface area contributed by atoms with Crippen molar-refractivity contribution in [2.75, 3.05) is 19.7 Å². The third kappa shape index (κ3) is 5.92. The number of halogens is 3. The summed E-state index contributed by atoms with van der Waals surface area (Å²) >= 11 is 0. The van der Waals surface area contributed by atoms with Gasteiger partial charge in [0, 0.05) is 25.6 Å². The molecular weight excluding hydrogens is 223 g/mol. The minimum absolute atomic E-state index is 0.0578. The summed E-state index contributed by atoms with van der Waals surface area (Å²) < 4.78 is 38.9. The molecule has 1 saturated carbocycles. The molecule has 0 aliphatic heterocycles. The van der Waals surface area contributed by atoms with Gasteiger partial charge in [-0.1, -0.05) is 0 Å². The van der Waals surface area contributed by atoms with Gasteiger partial charge in [0.2, 0.25) is 0 Å². The van der Waals surface area contributed by atoms with Gasteiger partial charge in [0.05, 0.1) is 12.4 Å². The molecule has 1 aliphatic carbocycles. The summed E-state index contributed by atoms with van der Waals surface area (Å²) in [5, 5.41) is 7.07. The fourth-order valence-electron chi connectivity index (χ4n) is 1.46. The third-order valence-corrected chi connectivity index (χ3v) is 2.38. The van der Waals surface area contributed by atoms with Crippen molar-refractivity contribution in [3.8, 4) is 0 Å². The van der Waals surface area contributed by atoms with Gasteiger partial charge in [0.15, 0.2) is 0 Å². The van der Waals surface area contributed by atoms with E-state index in [0.717, 1.165) is 12.8 Å². The van der Waals surface area contributed by atoms with Gasteiger partial charge in [0.25, 0.3) is 0 Å². The molecule has 0 bridgehead atoms. The molecule has 0 aromatic rings. The zero-order chi connectivity index (χ0) is 12.2. The largest absolute Gasteiger partial charge is 0.522 e. The SMILES string of the molecule is N=C(N)CCN(CCOC(F)(F)F)C1CC1. The molecule has 7 heteroatoms. The highest BCUT2D eigenvalue weighted by molar-refractivity contribution is 5.76. The van der Waals surface area contributed by atoms with Crippen LogP contribution >= 0.6 is 0 Å². The molecule has 1 rings (SSSR count). The van der Waals surface area contributed by atoms with Crippen LogP contribution in [0.3, 0.4) is 0 Å². The Morgan fingerprint density at radius 3 is 2.44 bits per heavy atom. The van der Waals surface area contributed by atoms with E-state index in [1.165, 1.54) is 0 Å². The summed E-state index contributed by atoms with van der Waals surface area (Å²) in [7, 11) is 0. The number of hydrogen-bond acceptors (Lipinski definition) is 3. The van der Waals surface area contributed by atoms with Crippen LogP contribution in [0.1, 0.15) is 19.3 Å². The molecule has 0 spiro atoms. The lowest BCUT2D eigenvalue weighted by atomic mass is 10.3. The van der Waals surface area contributed by atoms with Crippen LogP contribution in [0.15, 0.2) is 0 Å². The molecule has 0 amide bonds. The molecule has 3 N–H and O–H groups in total. The van der Waals surface area contributed by atoms with Crippen molar-refractivity contribution >= 4 is 5.84 Å². The molecule has 0 atom stereocenters. The standard InChI is InChI=1S/C9H16F3N3O/c10-9(11,12)16-6-5-15(7-1-2-7)4-3-8(13)14/h7H,1-6H2,(H3,13,14). The Labute approximate surface area is 92.0 Å². The Balaban J connectivity index is 2.20. The number of hydrogen-bond donors (Lipinski definition) is 2. The van der Waals surface area contributed by atoms with E-state index in [-0.39, 0.29) is 19.0 Å². The van der Waals surface area contributed by atoms with E-state index in [2.05, 4.69) is 4.74 Å². The minimum atomic E-state index is -4.56. The molecule has 4 nitrogen and oxygen atoms in total.